The third-order valence-corrected chi connectivity index (χ3v) is 4.00. The maximum atomic E-state index is 12.4. The molecule has 0 atom stereocenters. The normalized spacial score (nSPS) is 10.7. The number of amides is 1. The van der Waals surface area contributed by atoms with Crippen LogP contribution in [0.5, 0.6) is 5.75 Å². The van der Waals surface area contributed by atoms with E-state index >= 15 is 0 Å². The van der Waals surface area contributed by atoms with Crippen molar-refractivity contribution >= 4 is 34.1 Å². The summed E-state index contributed by atoms with van der Waals surface area (Å²) in [5.74, 6) is 1.14. The summed E-state index contributed by atoms with van der Waals surface area (Å²) in [5, 5.41) is 4.00. The van der Waals surface area contributed by atoms with Gasteiger partial charge >= 0.3 is 0 Å². The molecule has 0 aliphatic rings. The number of rotatable bonds is 7. The predicted molar refractivity (Wildman–Crippen MR) is 97.9 cm³/mol. The molecule has 0 aliphatic heterocycles. The fraction of sp³-hybridized carbons (Fsp3) is 0.211. The molecule has 5 heteroatoms. The van der Waals surface area contributed by atoms with Crippen molar-refractivity contribution in [1.29, 1.82) is 0 Å². The number of ether oxygens (including phenoxy) is 1. The van der Waals surface area contributed by atoms with Gasteiger partial charge in [-0.1, -0.05) is 24.3 Å². The zero-order valence-electron chi connectivity index (χ0n) is 13.2. The average Bonchev–Trinajstić information content (AvgIpc) is 3.06. The van der Waals surface area contributed by atoms with E-state index in [4.69, 9.17) is 16.3 Å². The van der Waals surface area contributed by atoms with Gasteiger partial charge in [0.05, 0.1) is 18.7 Å². The van der Waals surface area contributed by atoms with Gasteiger partial charge in [0.15, 0.2) is 0 Å². The predicted octanol–water partition coefficient (Wildman–Crippen LogP) is 4.36. The van der Waals surface area contributed by atoms with Crippen LogP contribution in [0.2, 0.25) is 0 Å². The van der Waals surface area contributed by atoms with E-state index in [0.717, 1.165) is 22.9 Å². The Morgan fingerprint density at radius 3 is 2.88 bits per heavy atom. The van der Waals surface area contributed by atoms with Crippen molar-refractivity contribution < 1.29 is 9.53 Å². The first-order valence-corrected chi connectivity index (χ1v) is 8.44. The Bertz CT molecular complexity index is 829. The molecule has 1 aromatic heterocycles. The molecule has 0 fully saturated rings. The number of anilines is 1. The van der Waals surface area contributed by atoms with Crippen molar-refractivity contribution in [3.63, 3.8) is 0 Å². The number of H-pyrrole nitrogens is 1. The number of aromatic amines is 1. The Morgan fingerprint density at radius 2 is 2.00 bits per heavy atom. The summed E-state index contributed by atoms with van der Waals surface area (Å²) in [5.41, 5.74) is 2.70. The van der Waals surface area contributed by atoms with Crippen molar-refractivity contribution in [1.82, 2.24) is 4.98 Å². The molecule has 4 nitrogen and oxygen atoms in total. The van der Waals surface area contributed by atoms with E-state index in [1.165, 1.54) is 0 Å². The van der Waals surface area contributed by atoms with Crippen LogP contribution in [0, 0.1) is 0 Å². The van der Waals surface area contributed by atoms with Crippen molar-refractivity contribution in [3.8, 4) is 5.75 Å². The highest BCUT2D eigenvalue weighted by Crippen LogP contribution is 2.25. The van der Waals surface area contributed by atoms with Crippen LogP contribution in [-0.2, 0) is 11.2 Å². The van der Waals surface area contributed by atoms with Gasteiger partial charge in [0.1, 0.15) is 5.75 Å². The van der Waals surface area contributed by atoms with Crippen LogP contribution >= 0.6 is 11.6 Å². The maximum absolute atomic E-state index is 12.4. The number of benzene rings is 2. The molecule has 24 heavy (non-hydrogen) atoms. The van der Waals surface area contributed by atoms with Gasteiger partial charge in [-0.25, -0.2) is 0 Å². The molecule has 0 bridgehead atoms. The fourth-order valence-electron chi connectivity index (χ4n) is 2.60. The van der Waals surface area contributed by atoms with E-state index in [2.05, 4.69) is 10.3 Å². The quantitative estimate of drug-likeness (QED) is 0.495. The number of hydrogen-bond acceptors (Lipinski definition) is 2. The Morgan fingerprint density at radius 1 is 1.12 bits per heavy atom. The largest absolute Gasteiger partial charge is 0.491 e. The van der Waals surface area contributed by atoms with Crippen LogP contribution in [0.4, 0.5) is 5.69 Å². The van der Waals surface area contributed by atoms with Gasteiger partial charge in [0.2, 0.25) is 5.91 Å². The second-order valence-corrected chi connectivity index (χ2v) is 5.85. The number of nitrogens with one attached hydrogen (secondary N) is 2. The highest BCUT2D eigenvalue weighted by atomic mass is 35.5. The second-order valence-electron chi connectivity index (χ2n) is 5.47. The third kappa shape index (κ3) is 3.89. The highest BCUT2D eigenvalue weighted by Gasteiger charge is 2.10. The standard InChI is InChI=1S/C19H19ClN2O2/c20-10-4-12-24-18-8-2-1-6-17(18)22-19(23)13-14-5-3-7-16-15(14)9-11-21-16/h1-3,5-9,11,21H,4,10,12-13H2,(H,22,23). The fourth-order valence-corrected chi connectivity index (χ4v) is 2.71. The summed E-state index contributed by atoms with van der Waals surface area (Å²) in [7, 11) is 0. The third-order valence-electron chi connectivity index (χ3n) is 3.73. The van der Waals surface area contributed by atoms with Crippen LogP contribution in [0.25, 0.3) is 10.9 Å². The van der Waals surface area contributed by atoms with E-state index < -0.39 is 0 Å². The van der Waals surface area contributed by atoms with Gasteiger partial charge in [-0.3, -0.25) is 4.79 Å². The number of hydrogen-bond donors (Lipinski definition) is 2. The van der Waals surface area contributed by atoms with Gasteiger partial charge in [-0.05, 0) is 36.2 Å². The number of alkyl halides is 1. The molecule has 3 rings (SSSR count). The first-order valence-electron chi connectivity index (χ1n) is 7.90. The van der Waals surface area contributed by atoms with Crippen molar-refractivity contribution in [3.05, 3.63) is 60.3 Å². The van der Waals surface area contributed by atoms with E-state index in [0.29, 0.717) is 30.3 Å². The molecular weight excluding hydrogens is 324 g/mol. The van der Waals surface area contributed by atoms with Crippen LogP contribution < -0.4 is 10.1 Å². The molecule has 1 heterocycles. The first kappa shape index (κ1) is 16.4. The molecule has 0 saturated carbocycles. The molecule has 3 aromatic rings. The summed E-state index contributed by atoms with van der Waals surface area (Å²) < 4.78 is 5.68. The minimum Gasteiger partial charge on any atom is -0.491 e. The lowest BCUT2D eigenvalue weighted by atomic mass is 10.1. The summed E-state index contributed by atoms with van der Waals surface area (Å²) in [4.78, 5) is 15.6. The topological polar surface area (TPSA) is 54.1 Å². The van der Waals surface area contributed by atoms with Crippen molar-refractivity contribution in [2.75, 3.05) is 17.8 Å². The smallest absolute Gasteiger partial charge is 0.228 e. The average molecular weight is 343 g/mol. The summed E-state index contributed by atoms with van der Waals surface area (Å²) in [6, 6.07) is 15.3. The SMILES string of the molecule is O=C(Cc1cccc2[nH]ccc12)Nc1ccccc1OCCCCl. The first-order chi connectivity index (χ1) is 11.8. The van der Waals surface area contributed by atoms with Gasteiger partial charge in [-0.15, -0.1) is 11.6 Å². The van der Waals surface area contributed by atoms with E-state index in [1.54, 1.807) is 0 Å². The van der Waals surface area contributed by atoms with Gasteiger partial charge in [0.25, 0.3) is 0 Å². The Hall–Kier alpha value is -2.46. The molecule has 0 unspecified atom stereocenters. The molecule has 1 amide bonds. The minimum atomic E-state index is -0.0721. The lowest BCUT2D eigenvalue weighted by Gasteiger charge is -2.12. The zero-order chi connectivity index (χ0) is 16.8. The highest BCUT2D eigenvalue weighted by molar-refractivity contribution is 6.17. The maximum Gasteiger partial charge on any atom is 0.228 e. The van der Waals surface area contributed by atoms with Crippen LogP contribution in [0.15, 0.2) is 54.7 Å². The second kappa shape index (κ2) is 7.88. The zero-order valence-corrected chi connectivity index (χ0v) is 14.0. The summed E-state index contributed by atoms with van der Waals surface area (Å²) in [6.45, 7) is 0.527. The minimum absolute atomic E-state index is 0.0721. The Balaban J connectivity index is 1.70. The molecule has 0 spiro atoms. The molecular formula is C19H19ClN2O2. The van der Waals surface area contributed by atoms with Crippen molar-refractivity contribution in [2.24, 2.45) is 0 Å². The van der Waals surface area contributed by atoms with Crippen LogP contribution in [0.3, 0.4) is 0 Å². The molecule has 2 aromatic carbocycles. The van der Waals surface area contributed by atoms with Crippen LogP contribution in [0.1, 0.15) is 12.0 Å². The molecule has 2 N–H and O–H groups in total. The van der Waals surface area contributed by atoms with E-state index in [-0.39, 0.29) is 5.91 Å². The van der Waals surface area contributed by atoms with Crippen molar-refractivity contribution in [2.45, 2.75) is 12.8 Å². The number of aromatic nitrogens is 1. The van der Waals surface area contributed by atoms with Crippen LogP contribution in [-0.4, -0.2) is 23.4 Å². The van der Waals surface area contributed by atoms with Gasteiger partial charge in [0, 0.05) is 23.0 Å². The number of halogens is 1. The lowest BCUT2D eigenvalue weighted by molar-refractivity contribution is -0.115. The summed E-state index contributed by atoms with van der Waals surface area (Å²) in [6.07, 6.45) is 2.95. The van der Waals surface area contributed by atoms with Gasteiger partial charge in [-0.2, -0.15) is 0 Å². The van der Waals surface area contributed by atoms with Gasteiger partial charge < -0.3 is 15.0 Å². The summed E-state index contributed by atoms with van der Waals surface area (Å²) >= 11 is 5.67. The number of carbonyl (C=O) groups excluding carboxylic acids is 1. The molecule has 0 saturated heterocycles. The molecule has 0 radical (unpaired) electrons. The number of carbonyl (C=O) groups is 1. The van der Waals surface area contributed by atoms with E-state index in [9.17, 15) is 4.79 Å². The molecule has 0 aliphatic carbocycles. The number of para-hydroxylation sites is 2. The number of fused-ring (bicyclic) bond motifs is 1. The lowest BCUT2D eigenvalue weighted by Crippen LogP contribution is -2.15. The Labute approximate surface area is 145 Å². The Kier molecular flexibility index (Phi) is 5.39. The molecule has 124 valence electrons. The van der Waals surface area contributed by atoms with E-state index in [1.807, 2.05) is 54.7 Å². The monoisotopic (exact) mass is 342 g/mol.